The molecule has 0 aliphatic heterocycles. The second kappa shape index (κ2) is 6.43. The number of hydrogen-bond acceptors (Lipinski definition) is 4. The maximum atomic E-state index is 13.2. The van der Waals surface area contributed by atoms with E-state index in [2.05, 4.69) is 26.0 Å². The van der Waals surface area contributed by atoms with Crippen LogP contribution in [-0.4, -0.2) is 45.4 Å². The summed E-state index contributed by atoms with van der Waals surface area (Å²) in [5.74, 6) is -0.475. The summed E-state index contributed by atoms with van der Waals surface area (Å²) < 4.78 is 15.6. The largest absolute Gasteiger partial charge is 0.382 e. The van der Waals surface area contributed by atoms with Crippen molar-refractivity contribution in [3.05, 3.63) is 46.2 Å². The fourth-order valence-corrected chi connectivity index (χ4v) is 2.37. The molecule has 0 aromatic carbocycles. The Labute approximate surface area is 125 Å². The van der Waals surface area contributed by atoms with E-state index in [1.165, 1.54) is 12.3 Å². The summed E-state index contributed by atoms with van der Waals surface area (Å²) in [4.78, 5) is 5.78. The van der Waals surface area contributed by atoms with E-state index in [0.717, 1.165) is 12.7 Å². The van der Waals surface area contributed by atoms with Gasteiger partial charge in [0.2, 0.25) is 0 Å². The molecule has 0 fully saturated rings. The number of hydrogen-bond donors (Lipinski definition) is 1. The highest BCUT2D eigenvalue weighted by molar-refractivity contribution is 9.10. The Bertz CT molecular complexity index is 588. The number of likely N-dealkylation sites (N-methyl/N-ethyl adjacent to an activating group) is 1. The Morgan fingerprint density at radius 3 is 2.80 bits per heavy atom. The van der Waals surface area contributed by atoms with E-state index in [1.54, 1.807) is 10.9 Å². The maximum Gasteiger partial charge on any atom is 0.141 e. The molecule has 0 saturated carbocycles. The van der Waals surface area contributed by atoms with Gasteiger partial charge in [0.05, 0.1) is 29.1 Å². The molecule has 108 valence electrons. The maximum absolute atomic E-state index is 13.2. The minimum atomic E-state index is -0.975. The van der Waals surface area contributed by atoms with Gasteiger partial charge in [0.1, 0.15) is 11.9 Å². The molecule has 0 saturated heterocycles. The zero-order valence-electron chi connectivity index (χ0n) is 11.3. The van der Waals surface area contributed by atoms with Crippen molar-refractivity contribution in [1.82, 2.24) is 19.7 Å². The van der Waals surface area contributed by atoms with Crippen molar-refractivity contribution in [2.24, 2.45) is 0 Å². The zero-order valence-corrected chi connectivity index (χ0v) is 12.9. The van der Waals surface area contributed by atoms with Crippen LogP contribution in [0, 0.1) is 5.82 Å². The SMILES string of the molecule is CN(C)CCn1ncc(Br)c1C(O)c1cncc(F)c1. The van der Waals surface area contributed by atoms with Gasteiger partial charge < -0.3 is 10.0 Å². The molecule has 7 heteroatoms. The van der Waals surface area contributed by atoms with E-state index >= 15 is 0 Å². The lowest BCUT2D eigenvalue weighted by Gasteiger charge is -2.16. The molecule has 5 nitrogen and oxygen atoms in total. The second-order valence-electron chi connectivity index (χ2n) is 4.74. The average molecular weight is 343 g/mol. The van der Waals surface area contributed by atoms with E-state index in [9.17, 15) is 9.50 Å². The first-order valence-corrected chi connectivity index (χ1v) is 6.92. The van der Waals surface area contributed by atoms with E-state index in [-0.39, 0.29) is 0 Å². The number of aromatic nitrogens is 3. The molecule has 2 heterocycles. The molecule has 20 heavy (non-hydrogen) atoms. The summed E-state index contributed by atoms with van der Waals surface area (Å²) in [5, 5.41) is 14.6. The molecular formula is C13H16BrFN4O. The number of rotatable bonds is 5. The summed E-state index contributed by atoms with van der Waals surface area (Å²) >= 11 is 3.37. The zero-order chi connectivity index (χ0) is 14.7. The van der Waals surface area contributed by atoms with Crippen LogP contribution in [0.1, 0.15) is 17.4 Å². The van der Waals surface area contributed by atoms with Crippen molar-refractivity contribution in [2.45, 2.75) is 12.6 Å². The smallest absolute Gasteiger partial charge is 0.141 e. The Kier molecular flexibility index (Phi) is 4.85. The van der Waals surface area contributed by atoms with Gasteiger partial charge in [0.25, 0.3) is 0 Å². The highest BCUT2D eigenvalue weighted by Gasteiger charge is 2.20. The van der Waals surface area contributed by atoms with Crippen molar-refractivity contribution in [1.29, 1.82) is 0 Å². The Morgan fingerprint density at radius 2 is 2.15 bits per heavy atom. The normalized spacial score (nSPS) is 12.9. The summed E-state index contributed by atoms with van der Waals surface area (Å²) in [6.45, 7) is 1.42. The van der Waals surface area contributed by atoms with Crippen molar-refractivity contribution in [2.75, 3.05) is 20.6 Å². The van der Waals surface area contributed by atoms with Crippen LogP contribution >= 0.6 is 15.9 Å². The number of aliphatic hydroxyl groups excluding tert-OH is 1. The average Bonchev–Trinajstić information content (AvgIpc) is 2.76. The minimum absolute atomic E-state index is 0.400. The lowest BCUT2D eigenvalue weighted by Crippen LogP contribution is -2.21. The van der Waals surface area contributed by atoms with Gasteiger partial charge in [-0.3, -0.25) is 9.67 Å². The van der Waals surface area contributed by atoms with Gasteiger partial charge in [-0.15, -0.1) is 0 Å². The highest BCUT2D eigenvalue weighted by Crippen LogP contribution is 2.28. The third-order valence-corrected chi connectivity index (χ3v) is 3.50. The topological polar surface area (TPSA) is 54.2 Å². The molecule has 0 aliphatic carbocycles. The van der Waals surface area contributed by atoms with Crippen LogP contribution in [0.25, 0.3) is 0 Å². The van der Waals surface area contributed by atoms with Gasteiger partial charge in [0, 0.05) is 18.3 Å². The molecule has 0 amide bonds. The fraction of sp³-hybridized carbons (Fsp3) is 0.385. The molecule has 1 unspecified atom stereocenters. The molecule has 0 radical (unpaired) electrons. The molecule has 1 N–H and O–H groups in total. The van der Waals surface area contributed by atoms with Crippen LogP contribution in [0.5, 0.6) is 0 Å². The van der Waals surface area contributed by atoms with Crippen LogP contribution in [0.4, 0.5) is 4.39 Å². The van der Waals surface area contributed by atoms with Crippen LogP contribution in [0.3, 0.4) is 0 Å². The summed E-state index contributed by atoms with van der Waals surface area (Å²) in [5.41, 5.74) is 0.997. The van der Waals surface area contributed by atoms with Gasteiger partial charge in [-0.05, 0) is 36.1 Å². The third-order valence-electron chi connectivity index (χ3n) is 2.89. The second-order valence-corrected chi connectivity index (χ2v) is 5.60. The molecule has 0 spiro atoms. The first-order valence-electron chi connectivity index (χ1n) is 6.13. The van der Waals surface area contributed by atoms with E-state index in [0.29, 0.717) is 22.3 Å². The molecule has 1 atom stereocenters. The van der Waals surface area contributed by atoms with Crippen LogP contribution < -0.4 is 0 Å². The van der Waals surface area contributed by atoms with E-state index in [1.807, 2.05) is 19.0 Å². The number of aliphatic hydroxyl groups is 1. The highest BCUT2D eigenvalue weighted by atomic mass is 79.9. The van der Waals surface area contributed by atoms with Crippen LogP contribution in [0.15, 0.2) is 29.1 Å². The predicted octanol–water partition coefficient (Wildman–Crippen LogP) is 1.82. The van der Waals surface area contributed by atoms with E-state index in [4.69, 9.17) is 0 Å². The fourth-order valence-electron chi connectivity index (χ4n) is 1.85. The van der Waals surface area contributed by atoms with Crippen molar-refractivity contribution < 1.29 is 9.50 Å². The van der Waals surface area contributed by atoms with Gasteiger partial charge in [-0.1, -0.05) is 0 Å². The van der Waals surface area contributed by atoms with Gasteiger partial charge >= 0.3 is 0 Å². The number of pyridine rings is 1. The van der Waals surface area contributed by atoms with Gasteiger partial charge in [-0.2, -0.15) is 5.10 Å². The van der Waals surface area contributed by atoms with Crippen LogP contribution in [-0.2, 0) is 6.54 Å². The van der Waals surface area contributed by atoms with Crippen molar-refractivity contribution in [3.8, 4) is 0 Å². The first-order chi connectivity index (χ1) is 9.49. The molecule has 2 rings (SSSR count). The first kappa shape index (κ1) is 15.1. The summed E-state index contributed by atoms with van der Waals surface area (Å²) in [6, 6.07) is 1.27. The Balaban J connectivity index is 2.29. The molecule has 0 bridgehead atoms. The third kappa shape index (κ3) is 3.41. The van der Waals surface area contributed by atoms with Crippen molar-refractivity contribution >= 4 is 15.9 Å². The molecule has 2 aromatic heterocycles. The molecule has 2 aromatic rings. The standard InChI is InChI=1S/C13H16BrFN4O/c1-18(2)3-4-19-12(11(14)8-17-19)13(20)9-5-10(15)7-16-6-9/h5-8,13,20H,3-4H2,1-2H3. The quantitative estimate of drug-likeness (QED) is 0.900. The molecule has 0 aliphatic rings. The predicted molar refractivity (Wildman–Crippen MR) is 76.7 cm³/mol. The number of halogens is 2. The molecular weight excluding hydrogens is 327 g/mol. The van der Waals surface area contributed by atoms with E-state index < -0.39 is 11.9 Å². The summed E-state index contributed by atoms with van der Waals surface area (Å²) in [7, 11) is 3.93. The monoisotopic (exact) mass is 342 g/mol. The Hall–Kier alpha value is -1.31. The lowest BCUT2D eigenvalue weighted by atomic mass is 10.1. The van der Waals surface area contributed by atoms with Crippen LogP contribution in [0.2, 0.25) is 0 Å². The van der Waals surface area contributed by atoms with Gasteiger partial charge in [-0.25, -0.2) is 4.39 Å². The summed E-state index contributed by atoms with van der Waals surface area (Å²) in [6.07, 6.45) is 3.20. The minimum Gasteiger partial charge on any atom is -0.382 e. The van der Waals surface area contributed by atoms with Gasteiger partial charge in [0.15, 0.2) is 0 Å². The Morgan fingerprint density at radius 1 is 1.40 bits per heavy atom. The van der Waals surface area contributed by atoms with Crippen molar-refractivity contribution in [3.63, 3.8) is 0 Å². The lowest BCUT2D eigenvalue weighted by molar-refractivity contribution is 0.204. The number of nitrogens with zero attached hydrogens (tertiary/aromatic N) is 4.